The van der Waals surface area contributed by atoms with Crippen molar-refractivity contribution < 1.29 is 48.6 Å². The van der Waals surface area contributed by atoms with E-state index in [-0.39, 0.29) is 35.5 Å². The lowest BCUT2D eigenvalue weighted by molar-refractivity contribution is -0.385. The zero-order chi connectivity index (χ0) is 35.0. The number of hydrogen-bond acceptors (Lipinski definition) is 11. The predicted octanol–water partition coefficient (Wildman–Crippen LogP) is 3.66. The summed E-state index contributed by atoms with van der Waals surface area (Å²) in [6.07, 6.45) is 6.38. The fourth-order valence-corrected chi connectivity index (χ4v) is 9.30. The number of aliphatic hydroxyl groups is 1. The highest BCUT2D eigenvalue weighted by molar-refractivity contribution is 5.92. The van der Waals surface area contributed by atoms with Crippen LogP contribution in [-0.4, -0.2) is 69.9 Å². The number of Topliss-reactive ketones (excluding diaryl/α,β-unsaturated/α-hetero) is 1. The van der Waals surface area contributed by atoms with Crippen LogP contribution >= 0.6 is 0 Å². The first kappa shape index (κ1) is 35.2. The number of fused-ring (bicyclic) bond motifs is 5. The number of phenolic OH excluding ortho intramolecular Hbond substituents is 1. The first-order valence-corrected chi connectivity index (χ1v) is 16.6. The first-order valence-electron chi connectivity index (χ1n) is 16.6. The lowest BCUT2D eigenvalue weighted by Gasteiger charge is -2.58. The second-order valence-electron chi connectivity index (χ2n) is 14.3. The monoisotopic (exact) mass is 668 g/mol. The molecular formula is C35H44N2O11. The van der Waals surface area contributed by atoms with E-state index in [1.165, 1.54) is 17.7 Å². The van der Waals surface area contributed by atoms with E-state index in [9.17, 15) is 44.3 Å². The van der Waals surface area contributed by atoms with E-state index in [2.05, 4.69) is 12.2 Å². The molecule has 3 saturated carbocycles. The van der Waals surface area contributed by atoms with Crippen LogP contribution in [0, 0.1) is 38.7 Å². The van der Waals surface area contributed by atoms with Gasteiger partial charge >= 0.3 is 17.6 Å². The van der Waals surface area contributed by atoms with Gasteiger partial charge in [0, 0.05) is 36.3 Å². The van der Waals surface area contributed by atoms with Crippen LogP contribution in [0.2, 0.25) is 0 Å². The Morgan fingerprint density at radius 3 is 2.50 bits per heavy atom. The quantitative estimate of drug-likeness (QED) is 0.177. The van der Waals surface area contributed by atoms with E-state index in [1.54, 1.807) is 0 Å². The maximum absolute atomic E-state index is 13.5. The summed E-state index contributed by atoms with van der Waals surface area (Å²) >= 11 is 0. The molecule has 260 valence electrons. The summed E-state index contributed by atoms with van der Waals surface area (Å²) < 4.78 is 9.95. The van der Waals surface area contributed by atoms with Crippen molar-refractivity contribution in [3.63, 3.8) is 0 Å². The van der Waals surface area contributed by atoms with E-state index in [0.29, 0.717) is 31.1 Å². The van der Waals surface area contributed by atoms with Crippen LogP contribution in [0.3, 0.4) is 0 Å². The van der Waals surface area contributed by atoms with Gasteiger partial charge in [-0.25, -0.2) is 4.79 Å². The van der Waals surface area contributed by atoms with Gasteiger partial charge in [-0.05, 0) is 74.2 Å². The number of carbonyl (C=O) groups excluding carboxylic acids is 5. The van der Waals surface area contributed by atoms with Crippen molar-refractivity contribution in [3.05, 3.63) is 45.5 Å². The number of nitrogens with zero attached hydrogens (tertiary/aromatic N) is 1. The summed E-state index contributed by atoms with van der Waals surface area (Å²) in [6, 6.07) is 2.50. The number of rotatable bonds is 11. The number of methoxy groups -OCH3 is 1. The highest BCUT2D eigenvalue weighted by Gasteiger charge is 2.66. The Hall–Kier alpha value is -4.13. The number of amides is 1. The van der Waals surface area contributed by atoms with Crippen molar-refractivity contribution in [1.29, 1.82) is 0 Å². The molecule has 0 bridgehead atoms. The van der Waals surface area contributed by atoms with Gasteiger partial charge in [0.05, 0.1) is 18.5 Å². The minimum absolute atomic E-state index is 0.0361. The molecule has 0 radical (unpaired) electrons. The lowest BCUT2D eigenvalue weighted by atomic mass is 9.46. The number of allylic oxidation sites excluding steroid dienone is 1. The molecule has 3 fully saturated rings. The Balaban J connectivity index is 1.14. The molecule has 48 heavy (non-hydrogen) atoms. The molecule has 3 N–H and O–H groups in total. The third kappa shape index (κ3) is 6.24. The molecule has 13 heteroatoms. The summed E-state index contributed by atoms with van der Waals surface area (Å²) in [4.78, 5) is 73.6. The minimum atomic E-state index is -1.65. The number of nitrogens with one attached hydrogen (secondary N) is 1. The van der Waals surface area contributed by atoms with Gasteiger partial charge in [0.15, 0.2) is 18.1 Å². The zero-order valence-corrected chi connectivity index (χ0v) is 27.6. The number of carbonyl (C=O) groups is 5. The summed E-state index contributed by atoms with van der Waals surface area (Å²) in [5.74, 6) is -2.56. The number of aromatic hydroxyl groups is 1. The molecule has 7 atom stereocenters. The van der Waals surface area contributed by atoms with Gasteiger partial charge in [0.1, 0.15) is 11.6 Å². The normalized spacial score (nSPS) is 31.3. The highest BCUT2D eigenvalue weighted by atomic mass is 16.6. The Bertz CT molecular complexity index is 1550. The van der Waals surface area contributed by atoms with E-state index < -0.39 is 76.5 Å². The van der Waals surface area contributed by atoms with E-state index in [0.717, 1.165) is 38.9 Å². The number of para-hydroxylation sites is 1. The van der Waals surface area contributed by atoms with Gasteiger partial charge < -0.3 is 25.0 Å². The molecule has 4 aliphatic carbocycles. The molecule has 1 amide bonds. The Morgan fingerprint density at radius 1 is 1.06 bits per heavy atom. The molecule has 1 aromatic carbocycles. The van der Waals surface area contributed by atoms with Crippen LogP contribution in [0.1, 0.15) is 83.6 Å². The van der Waals surface area contributed by atoms with Gasteiger partial charge in [-0.2, -0.15) is 0 Å². The van der Waals surface area contributed by atoms with Crippen molar-refractivity contribution in [1.82, 2.24) is 5.32 Å². The van der Waals surface area contributed by atoms with Crippen molar-refractivity contribution in [2.24, 2.45) is 28.6 Å². The number of nitro groups is 1. The number of ether oxygens (including phenoxy) is 2. The van der Waals surface area contributed by atoms with Crippen molar-refractivity contribution in [3.8, 4) is 5.75 Å². The van der Waals surface area contributed by atoms with Crippen LogP contribution in [0.5, 0.6) is 5.75 Å². The van der Waals surface area contributed by atoms with Crippen LogP contribution < -0.4 is 5.32 Å². The molecule has 0 aromatic heterocycles. The molecular weight excluding hydrogens is 624 g/mol. The highest BCUT2D eigenvalue weighted by Crippen LogP contribution is 2.67. The first-order chi connectivity index (χ1) is 22.6. The summed E-state index contributed by atoms with van der Waals surface area (Å²) in [6.45, 7) is 3.62. The Labute approximate surface area is 278 Å². The number of phenols is 1. The standard InChI is InChI=1S/C35H44N2O11/c1-33-14-11-22(38)18-21(33)7-8-23-24(33)12-15-34(2)25(23)13-16-35(34,44)28(39)19-48-30(41)10-9-29(40)36-26(32(43)47-3)17-20-5-4-6-27(31(20)42)37(45)46/h4-6,18,23-26,42,44H,7-17,19H2,1-3H3,(H,36,40)/t23-,24-,25-,26-,33+,34+,35+/m1/s1. The predicted molar refractivity (Wildman–Crippen MR) is 169 cm³/mol. The van der Waals surface area contributed by atoms with Gasteiger partial charge in [-0.3, -0.25) is 29.3 Å². The average molecular weight is 669 g/mol. The van der Waals surface area contributed by atoms with Gasteiger partial charge in [0.2, 0.25) is 11.7 Å². The summed E-state index contributed by atoms with van der Waals surface area (Å²) in [5.41, 5.74) is -1.63. The van der Waals surface area contributed by atoms with Crippen LogP contribution in [-0.2, 0) is 39.9 Å². The van der Waals surface area contributed by atoms with Crippen molar-refractivity contribution in [2.45, 2.75) is 96.1 Å². The maximum Gasteiger partial charge on any atom is 0.328 e. The largest absolute Gasteiger partial charge is 0.502 e. The topological polar surface area (TPSA) is 199 Å². The van der Waals surface area contributed by atoms with E-state index in [4.69, 9.17) is 9.47 Å². The number of nitro benzene ring substituents is 1. The number of ketones is 2. The fraction of sp³-hybridized carbons (Fsp3) is 0.629. The molecule has 4 aliphatic rings. The average Bonchev–Trinajstić information content (AvgIpc) is 3.34. The second-order valence-corrected chi connectivity index (χ2v) is 14.3. The van der Waals surface area contributed by atoms with E-state index >= 15 is 0 Å². The van der Waals surface area contributed by atoms with Crippen molar-refractivity contribution in [2.75, 3.05) is 13.7 Å². The Kier molecular flexibility index (Phi) is 9.83. The molecule has 0 saturated heterocycles. The Morgan fingerprint density at radius 2 is 1.79 bits per heavy atom. The van der Waals surface area contributed by atoms with Gasteiger partial charge in [-0.15, -0.1) is 0 Å². The van der Waals surface area contributed by atoms with Crippen molar-refractivity contribution >= 4 is 35.1 Å². The summed E-state index contributed by atoms with van der Waals surface area (Å²) in [5, 5.41) is 35.7. The molecule has 1 aromatic rings. The van der Waals surface area contributed by atoms with Gasteiger partial charge in [-0.1, -0.05) is 31.6 Å². The van der Waals surface area contributed by atoms with E-state index in [1.807, 2.05) is 13.0 Å². The molecule has 0 heterocycles. The van der Waals surface area contributed by atoms with Crippen LogP contribution in [0.25, 0.3) is 0 Å². The maximum atomic E-state index is 13.5. The third-order valence-electron chi connectivity index (χ3n) is 12.0. The minimum Gasteiger partial charge on any atom is -0.502 e. The second kappa shape index (κ2) is 13.4. The number of benzene rings is 1. The third-order valence-corrected chi connectivity index (χ3v) is 12.0. The fourth-order valence-electron chi connectivity index (χ4n) is 9.30. The summed E-state index contributed by atoms with van der Waals surface area (Å²) in [7, 11) is 1.10. The lowest BCUT2D eigenvalue weighted by Crippen LogP contribution is -2.58. The molecule has 0 unspecified atom stereocenters. The van der Waals surface area contributed by atoms with Crippen LogP contribution in [0.15, 0.2) is 29.8 Å². The SMILES string of the molecule is COC(=O)[C@@H](Cc1cccc([N+](=O)[O-])c1O)NC(=O)CCC(=O)OCC(=O)[C@@]1(O)CC[C@@H]2[C@@H]3CCC4=CC(=O)CC[C@]4(C)[C@@H]3CC[C@@]21C. The molecule has 13 nitrogen and oxygen atoms in total. The van der Waals surface area contributed by atoms with Gasteiger partial charge in [0.25, 0.3) is 0 Å². The molecule has 0 spiro atoms. The molecule has 5 rings (SSSR count). The zero-order valence-electron chi connectivity index (χ0n) is 27.6. The smallest absolute Gasteiger partial charge is 0.328 e. The number of esters is 2. The van der Waals surface area contributed by atoms with Crippen LogP contribution in [0.4, 0.5) is 5.69 Å². The molecule has 0 aliphatic heterocycles. The number of hydrogen-bond donors (Lipinski definition) is 3.